The summed E-state index contributed by atoms with van der Waals surface area (Å²) in [5.41, 5.74) is 0.466. The zero-order valence-electron chi connectivity index (χ0n) is 11.5. The van der Waals surface area contributed by atoms with Crippen LogP contribution in [0.5, 0.6) is 5.75 Å². The second-order valence-corrected chi connectivity index (χ2v) is 4.48. The minimum absolute atomic E-state index is 0. The van der Waals surface area contributed by atoms with Gasteiger partial charge in [-0.2, -0.15) is 13.2 Å². The number of alkyl halides is 3. The number of benzene rings is 1. The van der Waals surface area contributed by atoms with E-state index < -0.39 is 18.9 Å². The lowest BCUT2D eigenvalue weighted by molar-refractivity contribution is -0.153. The van der Waals surface area contributed by atoms with Gasteiger partial charge in [0.15, 0.2) is 6.61 Å². The average Bonchev–Trinajstić information content (AvgIpc) is 2.46. The van der Waals surface area contributed by atoms with Gasteiger partial charge in [-0.1, -0.05) is 0 Å². The summed E-state index contributed by atoms with van der Waals surface area (Å²) in [6.07, 6.45) is -4.95. The van der Waals surface area contributed by atoms with Gasteiger partial charge in [-0.05, 0) is 24.3 Å². The molecule has 1 aliphatic rings. The summed E-state index contributed by atoms with van der Waals surface area (Å²) in [5, 5.41) is 5.66. The van der Waals surface area contributed by atoms with Gasteiger partial charge in [0.2, 0.25) is 0 Å². The first-order valence-electron chi connectivity index (χ1n) is 6.37. The predicted molar refractivity (Wildman–Crippen MR) is 76.5 cm³/mol. The Morgan fingerprint density at radius 2 is 2.05 bits per heavy atom. The second-order valence-electron chi connectivity index (χ2n) is 4.48. The highest BCUT2D eigenvalue weighted by Crippen LogP contribution is 2.20. The SMILES string of the molecule is Cl.O=C(Nc1ccc(OCC(F)(F)F)cc1)C1CNCCO1. The van der Waals surface area contributed by atoms with Gasteiger partial charge < -0.3 is 20.1 Å². The fourth-order valence-corrected chi connectivity index (χ4v) is 1.76. The summed E-state index contributed by atoms with van der Waals surface area (Å²) < 4.78 is 45.9. The Kier molecular flexibility index (Phi) is 6.92. The first-order chi connectivity index (χ1) is 9.94. The standard InChI is InChI=1S/C13H15F3N2O3.ClH/c14-13(15,16)8-21-10-3-1-9(2-4-10)18-12(19)11-7-17-5-6-20-11;/h1-4,11,17H,5-8H2,(H,18,19);1H. The van der Waals surface area contributed by atoms with Crippen molar-refractivity contribution in [3.8, 4) is 5.75 Å². The number of nitrogens with one attached hydrogen (secondary N) is 2. The molecule has 1 atom stereocenters. The van der Waals surface area contributed by atoms with E-state index in [0.29, 0.717) is 25.4 Å². The third kappa shape index (κ3) is 6.08. The molecule has 1 aromatic carbocycles. The largest absolute Gasteiger partial charge is 0.484 e. The third-order valence-corrected chi connectivity index (χ3v) is 2.74. The smallest absolute Gasteiger partial charge is 0.422 e. The Bertz CT molecular complexity index is 476. The molecule has 1 aliphatic heterocycles. The van der Waals surface area contributed by atoms with Crippen molar-refractivity contribution in [2.24, 2.45) is 0 Å². The summed E-state index contributed by atoms with van der Waals surface area (Å²) in [6, 6.07) is 5.67. The monoisotopic (exact) mass is 340 g/mol. The molecule has 1 fully saturated rings. The maximum atomic E-state index is 12.0. The lowest BCUT2D eigenvalue weighted by Crippen LogP contribution is -2.45. The Morgan fingerprint density at radius 1 is 1.36 bits per heavy atom. The molecule has 0 aliphatic carbocycles. The summed E-state index contributed by atoms with van der Waals surface area (Å²) in [4.78, 5) is 11.9. The highest BCUT2D eigenvalue weighted by Gasteiger charge is 2.28. The van der Waals surface area contributed by atoms with Crippen LogP contribution in [-0.2, 0) is 9.53 Å². The molecule has 1 aromatic rings. The summed E-state index contributed by atoms with van der Waals surface area (Å²) in [6.45, 7) is 0.246. The van der Waals surface area contributed by atoms with Crippen molar-refractivity contribution >= 4 is 24.0 Å². The van der Waals surface area contributed by atoms with E-state index in [-0.39, 0.29) is 24.1 Å². The maximum absolute atomic E-state index is 12.0. The van der Waals surface area contributed by atoms with E-state index in [1.54, 1.807) is 0 Å². The maximum Gasteiger partial charge on any atom is 0.422 e. The van der Waals surface area contributed by atoms with Gasteiger partial charge >= 0.3 is 6.18 Å². The molecule has 0 bridgehead atoms. The highest BCUT2D eigenvalue weighted by atomic mass is 35.5. The van der Waals surface area contributed by atoms with Crippen LogP contribution >= 0.6 is 12.4 Å². The minimum Gasteiger partial charge on any atom is -0.484 e. The van der Waals surface area contributed by atoms with Crippen LogP contribution < -0.4 is 15.4 Å². The van der Waals surface area contributed by atoms with Crippen LogP contribution in [0.3, 0.4) is 0 Å². The van der Waals surface area contributed by atoms with Crippen molar-refractivity contribution in [2.75, 3.05) is 31.6 Å². The Morgan fingerprint density at radius 3 is 2.59 bits per heavy atom. The zero-order valence-corrected chi connectivity index (χ0v) is 12.3. The molecule has 1 unspecified atom stereocenters. The molecule has 0 aromatic heterocycles. The molecule has 1 amide bonds. The number of ether oxygens (including phenoxy) is 2. The van der Waals surface area contributed by atoms with Crippen LogP contribution in [0.25, 0.3) is 0 Å². The van der Waals surface area contributed by atoms with E-state index in [4.69, 9.17) is 4.74 Å². The van der Waals surface area contributed by atoms with E-state index in [1.165, 1.54) is 24.3 Å². The van der Waals surface area contributed by atoms with Crippen molar-refractivity contribution in [1.29, 1.82) is 0 Å². The van der Waals surface area contributed by atoms with Gasteiger partial charge in [-0.15, -0.1) is 12.4 Å². The fourth-order valence-electron chi connectivity index (χ4n) is 1.76. The van der Waals surface area contributed by atoms with Gasteiger partial charge in [-0.25, -0.2) is 0 Å². The van der Waals surface area contributed by atoms with Crippen LogP contribution in [-0.4, -0.2) is 44.5 Å². The highest BCUT2D eigenvalue weighted by molar-refractivity contribution is 5.94. The molecule has 22 heavy (non-hydrogen) atoms. The van der Waals surface area contributed by atoms with Crippen molar-refractivity contribution in [3.05, 3.63) is 24.3 Å². The van der Waals surface area contributed by atoms with E-state index in [9.17, 15) is 18.0 Å². The lowest BCUT2D eigenvalue weighted by Gasteiger charge is -2.22. The summed E-state index contributed by atoms with van der Waals surface area (Å²) in [7, 11) is 0. The van der Waals surface area contributed by atoms with Crippen LogP contribution in [0.2, 0.25) is 0 Å². The van der Waals surface area contributed by atoms with E-state index in [0.717, 1.165) is 0 Å². The average molecular weight is 341 g/mol. The van der Waals surface area contributed by atoms with Crippen molar-refractivity contribution < 1.29 is 27.4 Å². The van der Waals surface area contributed by atoms with Crippen molar-refractivity contribution in [2.45, 2.75) is 12.3 Å². The quantitative estimate of drug-likeness (QED) is 0.880. The second kappa shape index (κ2) is 8.21. The number of amides is 1. The van der Waals surface area contributed by atoms with Gasteiger partial charge in [-0.3, -0.25) is 4.79 Å². The number of hydrogen-bond acceptors (Lipinski definition) is 4. The zero-order chi connectivity index (χ0) is 15.3. The van der Waals surface area contributed by atoms with Crippen LogP contribution in [0.15, 0.2) is 24.3 Å². The van der Waals surface area contributed by atoms with Gasteiger partial charge in [0.1, 0.15) is 11.9 Å². The van der Waals surface area contributed by atoms with Gasteiger partial charge in [0.25, 0.3) is 5.91 Å². The number of halogens is 4. The molecule has 0 saturated carbocycles. The number of morpholine rings is 1. The molecular formula is C13H16ClF3N2O3. The van der Waals surface area contributed by atoms with Crippen LogP contribution in [0.1, 0.15) is 0 Å². The molecule has 9 heteroatoms. The minimum atomic E-state index is -4.38. The molecule has 1 heterocycles. The molecule has 2 N–H and O–H groups in total. The Hall–Kier alpha value is -1.51. The van der Waals surface area contributed by atoms with Crippen LogP contribution in [0.4, 0.5) is 18.9 Å². The topological polar surface area (TPSA) is 59.6 Å². The number of carbonyl (C=O) groups is 1. The third-order valence-electron chi connectivity index (χ3n) is 2.74. The number of hydrogen-bond donors (Lipinski definition) is 2. The first-order valence-corrected chi connectivity index (χ1v) is 6.37. The molecule has 1 saturated heterocycles. The first kappa shape index (κ1) is 18.5. The summed E-state index contributed by atoms with van der Waals surface area (Å²) in [5.74, 6) is -0.216. The van der Waals surface area contributed by atoms with E-state index in [2.05, 4.69) is 15.4 Å². The van der Waals surface area contributed by atoms with E-state index >= 15 is 0 Å². The molecule has 124 valence electrons. The molecule has 0 radical (unpaired) electrons. The van der Waals surface area contributed by atoms with Crippen molar-refractivity contribution in [3.63, 3.8) is 0 Å². The number of rotatable bonds is 4. The Labute approximate surface area is 131 Å². The van der Waals surface area contributed by atoms with Gasteiger partial charge in [0.05, 0.1) is 6.61 Å². The molecule has 5 nitrogen and oxygen atoms in total. The van der Waals surface area contributed by atoms with Gasteiger partial charge in [0, 0.05) is 18.8 Å². The Balaban J connectivity index is 0.00000242. The van der Waals surface area contributed by atoms with E-state index in [1.807, 2.05) is 0 Å². The van der Waals surface area contributed by atoms with Crippen LogP contribution in [0, 0.1) is 0 Å². The number of anilines is 1. The van der Waals surface area contributed by atoms with Crippen molar-refractivity contribution in [1.82, 2.24) is 5.32 Å². The molecular weight excluding hydrogens is 325 g/mol. The predicted octanol–water partition coefficient (Wildman–Crippen LogP) is 1.98. The normalized spacial score (nSPS) is 18.2. The molecule has 0 spiro atoms. The summed E-state index contributed by atoms with van der Waals surface area (Å²) >= 11 is 0. The number of carbonyl (C=O) groups excluding carboxylic acids is 1. The fraction of sp³-hybridized carbons (Fsp3) is 0.462. The molecule has 2 rings (SSSR count). The lowest BCUT2D eigenvalue weighted by atomic mass is 10.2.